The van der Waals surface area contributed by atoms with E-state index in [0.29, 0.717) is 22.1 Å². The van der Waals surface area contributed by atoms with E-state index in [-0.39, 0.29) is 5.69 Å². The van der Waals surface area contributed by atoms with E-state index in [1.807, 2.05) is 54.7 Å². The Kier molecular flexibility index (Phi) is 5.33. The van der Waals surface area contributed by atoms with Gasteiger partial charge in [0.15, 0.2) is 11.1 Å². The summed E-state index contributed by atoms with van der Waals surface area (Å²) in [4.78, 5) is 26.4. The molecule has 0 bridgehead atoms. The van der Waals surface area contributed by atoms with Crippen LogP contribution in [0.5, 0.6) is 0 Å². The SMILES string of the molecule is COC(=O)C(C#N)c1nc2ccccc2nc1Sc1ncc(-c2ccccc2)n1C1CC1. The van der Waals surface area contributed by atoms with E-state index in [1.165, 1.54) is 18.9 Å². The number of methoxy groups -OCH3 is 1. The van der Waals surface area contributed by atoms with Crippen molar-refractivity contribution < 1.29 is 9.53 Å². The highest BCUT2D eigenvalue weighted by Gasteiger charge is 2.32. The lowest BCUT2D eigenvalue weighted by Crippen LogP contribution is -2.16. The van der Waals surface area contributed by atoms with Gasteiger partial charge in [0.2, 0.25) is 0 Å². The average Bonchev–Trinajstić information content (AvgIpc) is 3.59. The molecule has 2 heterocycles. The number of esters is 1. The van der Waals surface area contributed by atoms with Gasteiger partial charge < -0.3 is 9.30 Å². The highest BCUT2D eigenvalue weighted by molar-refractivity contribution is 7.99. The van der Waals surface area contributed by atoms with Gasteiger partial charge in [-0.25, -0.2) is 15.0 Å². The topological polar surface area (TPSA) is 93.7 Å². The Labute approximate surface area is 189 Å². The van der Waals surface area contributed by atoms with E-state index in [2.05, 4.69) is 26.7 Å². The highest BCUT2D eigenvalue weighted by atomic mass is 32.2. The summed E-state index contributed by atoms with van der Waals surface area (Å²) in [5.41, 5.74) is 3.72. The van der Waals surface area contributed by atoms with Crippen molar-refractivity contribution in [3.8, 4) is 17.3 Å². The van der Waals surface area contributed by atoms with Crippen LogP contribution in [0.3, 0.4) is 0 Å². The number of hydrogen-bond acceptors (Lipinski definition) is 7. The number of carbonyl (C=O) groups is 1. The second kappa shape index (κ2) is 8.44. The van der Waals surface area contributed by atoms with Gasteiger partial charge >= 0.3 is 5.97 Å². The van der Waals surface area contributed by atoms with Gasteiger partial charge in [0.05, 0.1) is 36.1 Å². The first-order chi connectivity index (χ1) is 15.7. The molecule has 158 valence electrons. The van der Waals surface area contributed by atoms with Crippen molar-refractivity contribution in [2.75, 3.05) is 7.11 Å². The Morgan fingerprint density at radius 3 is 2.47 bits per heavy atom. The fourth-order valence-electron chi connectivity index (χ4n) is 3.62. The van der Waals surface area contributed by atoms with Crippen LogP contribution in [0.1, 0.15) is 30.5 Å². The van der Waals surface area contributed by atoms with Crippen molar-refractivity contribution in [1.82, 2.24) is 19.5 Å². The average molecular weight is 442 g/mol. The molecule has 7 nitrogen and oxygen atoms in total. The van der Waals surface area contributed by atoms with Crippen LogP contribution in [0.4, 0.5) is 0 Å². The monoisotopic (exact) mass is 441 g/mol. The normalized spacial score (nSPS) is 14.1. The number of nitriles is 1. The number of imidazole rings is 1. The highest BCUT2D eigenvalue weighted by Crippen LogP contribution is 2.44. The minimum atomic E-state index is -1.17. The van der Waals surface area contributed by atoms with Crippen LogP contribution in [-0.2, 0) is 9.53 Å². The van der Waals surface area contributed by atoms with Crippen LogP contribution in [0, 0.1) is 11.3 Å². The number of carbonyl (C=O) groups excluding carboxylic acids is 1. The molecule has 1 saturated carbocycles. The van der Waals surface area contributed by atoms with E-state index in [4.69, 9.17) is 9.72 Å². The number of hydrogen-bond donors (Lipinski definition) is 0. The third kappa shape index (κ3) is 3.72. The smallest absolute Gasteiger partial charge is 0.329 e. The van der Waals surface area contributed by atoms with Crippen LogP contribution >= 0.6 is 11.8 Å². The number of rotatable bonds is 6. The number of fused-ring (bicyclic) bond motifs is 1. The van der Waals surface area contributed by atoms with Gasteiger partial charge in [-0.15, -0.1) is 0 Å². The summed E-state index contributed by atoms with van der Waals surface area (Å²) in [6, 6.07) is 19.9. The molecule has 2 aromatic carbocycles. The summed E-state index contributed by atoms with van der Waals surface area (Å²) in [5.74, 6) is -1.83. The zero-order valence-electron chi connectivity index (χ0n) is 17.3. The summed E-state index contributed by atoms with van der Waals surface area (Å²) in [7, 11) is 1.26. The number of benzene rings is 2. The van der Waals surface area contributed by atoms with Gasteiger partial charge in [-0.05, 0) is 42.3 Å². The first-order valence-corrected chi connectivity index (χ1v) is 11.1. The first kappa shape index (κ1) is 20.2. The Morgan fingerprint density at radius 2 is 1.81 bits per heavy atom. The van der Waals surface area contributed by atoms with Crippen LogP contribution in [0.2, 0.25) is 0 Å². The molecule has 8 heteroatoms. The van der Waals surface area contributed by atoms with Gasteiger partial charge in [-0.3, -0.25) is 4.79 Å². The molecule has 5 rings (SSSR count). The predicted octanol–water partition coefficient (Wildman–Crippen LogP) is 4.76. The lowest BCUT2D eigenvalue weighted by atomic mass is 10.1. The summed E-state index contributed by atoms with van der Waals surface area (Å²) in [6.07, 6.45) is 4.04. The molecule has 0 saturated heterocycles. The van der Waals surface area contributed by atoms with E-state index in [9.17, 15) is 10.1 Å². The summed E-state index contributed by atoms with van der Waals surface area (Å²) < 4.78 is 7.07. The molecule has 1 aliphatic rings. The Morgan fingerprint density at radius 1 is 1.12 bits per heavy atom. The van der Waals surface area contributed by atoms with Crippen molar-refractivity contribution in [2.24, 2.45) is 0 Å². The molecular weight excluding hydrogens is 422 g/mol. The molecule has 1 unspecified atom stereocenters. The second-order valence-electron chi connectivity index (χ2n) is 7.48. The van der Waals surface area contributed by atoms with E-state index in [1.54, 1.807) is 0 Å². The Bertz CT molecular complexity index is 1340. The van der Waals surface area contributed by atoms with Gasteiger partial charge in [0.1, 0.15) is 10.7 Å². The molecule has 0 aliphatic heterocycles. The fourth-order valence-corrected chi connectivity index (χ4v) is 4.65. The van der Waals surface area contributed by atoms with Gasteiger partial charge in [0.25, 0.3) is 0 Å². The van der Waals surface area contributed by atoms with E-state index in [0.717, 1.165) is 29.3 Å². The molecule has 0 spiro atoms. The maximum Gasteiger partial charge on any atom is 0.329 e. The van der Waals surface area contributed by atoms with Crippen LogP contribution < -0.4 is 0 Å². The molecule has 1 aliphatic carbocycles. The molecule has 32 heavy (non-hydrogen) atoms. The van der Waals surface area contributed by atoms with Crippen LogP contribution in [0.15, 0.2) is 71.0 Å². The van der Waals surface area contributed by atoms with Crippen LogP contribution in [0.25, 0.3) is 22.3 Å². The maximum absolute atomic E-state index is 12.3. The molecule has 0 N–H and O–H groups in total. The number of ether oxygens (including phenoxy) is 1. The van der Waals surface area contributed by atoms with Crippen LogP contribution in [-0.4, -0.2) is 32.6 Å². The zero-order valence-corrected chi connectivity index (χ0v) is 18.1. The standard InChI is InChI=1S/C24H19N5O2S/c1-31-23(30)17(13-25)21-22(28-19-10-6-5-9-18(19)27-21)32-24-26-14-20(29(24)16-11-12-16)15-7-3-2-4-8-15/h2-10,14,16-17H,11-12H2,1H3. The Balaban J connectivity index is 1.63. The number of aromatic nitrogens is 4. The summed E-state index contributed by atoms with van der Waals surface area (Å²) in [5, 5.41) is 10.9. The molecule has 1 fully saturated rings. The molecule has 0 radical (unpaired) electrons. The predicted molar refractivity (Wildman–Crippen MR) is 120 cm³/mol. The minimum absolute atomic E-state index is 0.287. The third-order valence-electron chi connectivity index (χ3n) is 5.34. The molecule has 4 aromatic rings. The van der Waals surface area contributed by atoms with Crippen molar-refractivity contribution in [2.45, 2.75) is 35.0 Å². The van der Waals surface area contributed by atoms with Crippen molar-refractivity contribution in [3.63, 3.8) is 0 Å². The summed E-state index contributed by atoms with van der Waals surface area (Å²) in [6.45, 7) is 0. The fraction of sp³-hybridized carbons (Fsp3) is 0.208. The second-order valence-corrected chi connectivity index (χ2v) is 8.44. The van der Waals surface area contributed by atoms with Gasteiger partial charge in [-0.2, -0.15) is 5.26 Å². The number of para-hydroxylation sites is 2. The van der Waals surface area contributed by atoms with Gasteiger partial charge in [0, 0.05) is 6.04 Å². The van der Waals surface area contributed by atoms with Gasteiger partial charge in [-0.1, -0.05) is 42.5 Å². The summed E-state index contributed by atoms with van der Waals surface area (Å²) >= 11 is 1.33. The quantitative estimate of drug-likeness (QED) is 0.398. The molecule has 1 atom stereocenters. The lowest BCUT2D eigenvalue weighted by molar-refractivity contribution is -0.141. The lowest BCUT2D eigenvalue weighted by Gasteiger charge is -2.14. The minimum Gasteiger partial charge on any atom is -0.468 e. The largest absolute Gasteiger partial charge is 0.468 e. The van der Waals surface area contributed by atoms with Crippen molar-refractivity contribution >= 4 is 28.8 Å². The molecular formula is C24H19N5O2S. The first-order valence-electron chi connectivity index (χ1n) is 10.2. The third-order valence-corrected chi connectivity index (χ3v) is 6.31. The Hall–Kier alpha value is -3.70. The zero-order chi connectivity index (χ0) is 22.1. The van der Waals surface area contributed by atoms with E-state index >= 15 is 0 Å². The van der Waals surface area contributed by atoms with E-state index < -0.39 is 11.9 Å². The van der Waals surface area contributed by atoms with Crippen molar-refractivity contribution in [1.29, 1.82) is 5.26 Å². The maximum atomic E-state index is 12.3. The number of nitrogens with zero attached hydrogens (tertiary/aromatic N) is 5. The van der Waals surface area contributed by atoms with Crippen molar-refractivity contribution in [3.05, 3.63) is 66.5 Å². The molecule has 0 amide bonds. The molecule has 2 aromatic heterocycles.